The van der Waals surface area contributed by atoms with E-state index in [1.807, 2.05) is 38.1 Å². The van der Waals surface area contributed by atoms with Gasteiger partial charge < -0.3 is 15.5 Å². The summed E-state index contributed by atoms with van der Waals surface area (Å²) >= 11 is 0. The fraction of sp³-hybridized carbons (Fsp3) is 0.188. The van der Waals surface area contributed by atoms with Crippen molar-refractivity contribution >= 4 is 5.91 Å². The van der Waals surface area contributed by atoms with Crippen LogP contribution >= 0.6 is 0 Å². The van der Waals surface area contributed by atoms with E-state index in [0.29, 0.717) is 0 Å². The van der Waals surface area contributed by atoms with Crippen molar-refractivity contribution in [3.63, 3.8) is 0 Å². The van der Waals surface area contributed by atoms with E-state index in [0.717, 1.165) is 11.1 Å². The van der Waals surface area contributed by atoms with E-state index in [4.69, 9.17) is 0 Å². The van der Waals surface area contributed by atoms with Gasteiger partial charge in [0.25, 0.3) is 5.91 Å². The predicted molar refractivity (Wildman–Crippen MR) is 76.8 cm³/mol. The molecule has 0 spiro atoms. The molecular formula is C16H17NO3. The van der Waals surface area contributed by atoms with Gasteiger partial charge in [-0.1, -0.05) is 35.9 Å². The average Bonchev–Trinajstić information content (AvgIpc) is 2.39. The molecule has 1 amide bonds. The number of hydrogen-bond acceptors (Lipinski definition) is 3. The van der Waals surface area contributed by atoms with Crippen molar-refractivity contribution in [3.05, 3.63) is 59.2 Å². The molecule has 2 aromatic rings. The van der Waals surface area contributed by atoms with E-state index < -0.39 is 5.91 Å². The van der Waals surface area contributed by atoms with Gasteiger partial charge in [-0.05, 0) is 31.5 Å². The average molecular weight is 271 g/mol. The summed E-state index contributed by atoms with van der Waals surface area (Å²) in [5.41, 5.74) is 2.00. The highest BCUT2D eigenvalue weighted by Crippen LogP contribution is 2.26. The van der Waals surface area contributed by atoms with Crippen LogP contribution in [0.2, 0.25) is 0 Å². The molecule has 0 aliphatic heterocycles. The maximum absolute atomic E-state index is 12.1. The normalized spacial score (nSPS) is 11.9. The van der Waals surface area contributed by atoms with Gasteiger partial charge in [0.15, 0.2) is 0 Å². The Morgan fingerprint density at radius 3 is 2.15 bits per heavy atom. The molecule has 2 aromatic carbocycles. The molecule has 0 saturated carbocycles. The van der Waals surface area contributed by atoms with Crippen LogP contribution in [0, 0.1) is 6.92 Å². The summed E-state index contributed by atoms with van der Waals surface area (Å²) < 4.78 is 0. The topological polar surface area (TPSA) is 69.6 Å². The Labute approximate surface area is 117 Å². The molecule has 0 aliphatic carbocycles. The van der Waals surface area contributed by atoms with Gasteiger partial charge in [0, 0.05) is 0 Å². The SMILES string of the molecule is Cc1ccc(C(C)NC(=O)c2c(O)cccc2O)cc1. The van der Waals surface area contributed by atoms with Crippen molar-refractivity contribution in [1.29, 1.82) is 0 Å². The molecule has 4 heteroatoms. The Hall–Kier alpha value is -2.49. The van der Waals surface area contributed by atoms with Gasteiger partial charge >= 0.3 is 0 Å². The van der Waals surface area contributed by atoms with E-state index in [1.165, 1.54) is 18.2 Å². The summed E-state index contributed by atoms with van der Waals surface area (Å²) in [6.07, 6.45) is 0. The quantitative estimate of drug-likeness (QED) is 0.804. The van der Waals surface area contributed by atoms with Crippen LogP contribution in [0.1, 0.15) is 34.5 Å². The summed E-state index contributed by atoms with van der Waals surface area (Å²) in [7, 11) is 0. The fourth-order valence-corrected chi connectivity index (χ4v) is 1.97. The highest BCUT2D eigenvalue weighted by molar-refractivity contribution is 5.99. The molecular weight excluding hydrogens is 254 g/mol. The number of aromatic hydroxyl groups is 2. The molecule has 0 heterocycles. The van der Waals surface area contributed by atoms with Gasteiger partial charge in [0.2, 0.25) is 0 Å². The van der Waals surface area contributed by atoms with Gasteiger partial charge in [-0.25, -0.2) is 0 Å². The van der Waals surface area contributed by atoms with Crippen LogP contribution in [-0.2, 0) is 0 Å². The van der Waals surface area contributed by atoms with Gasteiger partial charge in [-0.3, -0.25) is 4.79 Å². The molecule has 0 fully saturated rings. The second kappa shape index (κ2) is 5.65. The van der Waals surface area contributed by atoms with Crippen LogP contribution in [0.4, 0.5) is 0 Å². The molecule has 1 unspecified atom stereocenters. The minimum absolute atomic E-state index is 0.105. The number of nitrogens with one attached hydrogen (secondary N) is 1. The molecule has 20 heavy (non-hydrogen) atoms. The van der Waals surface area contributed by atoms with E-state index in [1.54, 1.807) is 0 Å². The lowest BCUT2D eigenvalue weighted by molar-refractivity contribution is 0.0934. The van der Waals surface area contributed by atoms with E-state index in [-0.39, 0.29) is 23.1 Å². The van der Waals surface area contributed by atoms with Gasteiger partial charge in [-0.2, -0.15) is 0 Å². The number of carbonyl (C=O) groups excluding carboxylic acids is 1. The second-order valence-corrected chi connectivity index (χ2v) is 4.78. The van der Waals surface area contributed by atoms with E-state index in [2.05, 4.69) is 5.32 Å². The Morgan fingerprint density at radius 2 is 1.60 bits per heavy atom. The van der Waals surface area contributed by atoms with E-state index >= 15 is 0 Å². The molecule has 2 rings (SSSR count). The van der Waals surface area contributed by atoms with Crippen molar-refractivity contribution in [2.45, 2.75) is 19.9 Å². The summed E-state index contributed by atoms with van der Waals surface area (Å²) in [6.45, 7) is 3.84. The lowest BCUT2D eigenvalue weighted by Crippen LogP contribution is -2.26. The van der Waals surface area contributed by atoms with Gasteiger partial charge in [-0.15, -0.1) is 0 Å². The van der Waals surface area contributed by atoms with Crippen LogP contribution in [0.25, 0.3) is 0 Å². The maximum atomic E-state index is 12.1. The van der Waals surface area contributed by atoms with Crippen molar-refractivity contribution < 1.29 is 15.0 Å². The molecule has 1 atom stereocenters. The zero-order valence-corrected chi connectivity index (χ0v) is 11.4. The fourth-order valence-electron chi connectivity index (χ4n) is 1.97. The standard InChI is InChI=1S/C16H17NO3/c1-10-6-8-12(9-7-10)11(2)17-16(20)15-13(18)4-3-5-14(15)19/h3-9,11,18-19H,1-2H3,(H,17,20). The number of aryl methyl sites for hydroxylation is 1. The Morgan fingerprint density at radius 1 is 1.05 bits per heavy atom. The van der Waals surface area contributed by atoms with Crippen molar-refractivity contribution in [2.75, 3.05) is 0 Å². The zero-order valence-electron chi connectivity index (χ0n) is 11.4. The van der Waals surface area contributed by atoms with Gasteiger partial charge in [0.05, 0.1) is 6.04 Å². The number of benzene rings is 2. The third-order valence-electron chi connectivity index (χ3n) is 3.17. The first kappa shape index (κ1) is 13.9. The van der Waals surface area contributed by atoms with Crippen LogP contribution in [0.15, 0.2) is 42.5 Å². The van der Waals surface area contributed by atoms with Crippen molar-refractivity contribution in [2.24, 2.45) is 0 Å². The number of phenols is 2. The Bertz CT molecular complexity index is 600. The molecule has 4 nitrogen and oxygen atoms in total. The summed E-state index contributed by atoms with van der Waals surface area (Å²) in [6, 6.07) is 11.8. The molecule has 0 radical (unpaired) electrons. The Kier molecular flexibility index (Phi) is 3.94. The lowest BCUT2D eigenvalue weighted by Gasteiger charge is -2.15. The molecule has 104 valence electrons. The predicted octanol–water partition coefficient (Wildman–Crippen LogP) is 2.90. The van der Waals surface area contributed by atoms with Crippen LogP contribution in [0.3, 0.4) is 0 Å². The molecule has 0 aromatic heterocycles. The van der Waals surface area contributed by atoms with Gasteiger partial charge in [0.1, 0.15) is 17.1 Å². The minimum atomic E-state index is -0.506. The first-order valence-corrected chi connectivity index (χ1v) is 6.37. The lowest BCUT2D eigenvalue weighted by atomic mass is 10.1. The highest BCUT2D eigenvalue weighted by Gasteiger charge is 2.18. The molecule has 0 saturated heterocycles. The second-order valence-electron chi connectivity index (χ2n) is 4.78. The number of hydrogen-bond donors (Lipinski definition) is 3. The van der Waals surface area contributed by atoms with Crippen LogP contribution in [-0.4, -0.2) is 16.1 Å². The third-order valence-corrected chi connectivity index (χ3v) is 3.17. The van der Waals surface area contributed by atoms with E-state index in [9.17, 15) is 15.0 Å². The Balaban J connectivity index is 2.17. The maximum Gasteiger partial charge on any atom is 0.259 e. The summed E-state index contributed by atoms with van der Waals surface area (Å²) in [4.78, 5) is 12.1. The minimum Gasteiger partial charge on any atom is -0.507 e. The van der Waals surface area contributed by atoms with Crippen LogP contribution < -0.4 is 5.32 Å². The zero-order chi connectivity index (χ0) is 14.7. The highest BCUT2D eigenvalue weighted by atomic mass is 16.3. The first-order valence-electron chi connectivity index (χ1n) is 6.37. The number of rotatable bonds is 3. The molecule has 3 N–H and O–H groups in total. The number of amides is 1. The van der Waals surface area contributed by atoms with Crippen molar-refractivity contribution in [1.82, 2.24) is 5.32 Å². The van der Waals surface area contributed by atoms with Crippen molar-refractivity contribution in [3.8, 4) is 11.5 Å². The number of phenolic OH excluding ortho intramolecular Hbond substituents is 2. The molecule has 0 bridgehead atoms. The smallest absolute Gasteiger partial charge is 0.259 e. The number of carbonyl (C=O) groups is 1. The monoisotopic (exact) mass is 271 g/mol. The van der Waals surface area contributed by atoms with Crippen LogP contribution in [0.5, 0.6) is 11.5 Å². The first-order chi connectivity index (χ1) is 9.49. The summed E-state index contributed by atoms with van der Waals surface area (Å²) in [5.74, 6) is -0.981. The molecule has 0 aliphatic rings. The third kappa shape index (κ3) is 2.91. The largest absolute Gasteiger partial charge is 0.507 e. The summed E-state index contributed by atoms with van der Waals surface area (Å²) in [5, 5.41) is 22.1.